The maximum absolute atomic E-state index is 3.91. The van der Waals surface area contributed by atoms with Crippen LogP contribution in [0.4, 0.5) is 5.69 Å². The topological polar surface area (TPSA) is 12.0 Å². The molecule has 5 unspecified atom stereocenters. The molecule has 3 heterocycles. The number of nitrogens with zero attached hydrogens (tertiary/aromatic N) is 1. The molecule has 3 fully saturated rings. The summed E-state index contributed by atoms with van der Waals surface area (Å²) in [5.74, 6) is 0.823. The van der Waals surface area contributed by atoms with Gasteiger partial charge in [0.05, 0.1) is 19.0 Å². The van der Waals surface area contributed by atoms with Gasteiger partial charge in [0, 0.05) is 24.6 Å². The Hall–Kier alpha value is -1.28. The highest BCUT2D eigenvalue weighted by Gasteiger charge is 2.67. The maximum Gasteiger partial charge on any atom is 0.102 e. The van der Waals surface area contributed by atoms with Gasteiger partial charge in [-0.05, 0) is 36.5 Å². The molecule has 0 amide bonds. The van der Waals surface area contributed by atoms with Crippen molar-refractivity contribution in [1.29, 1.82) is 0 Å². The van der Waals surface area contributed by atoms with E-state index in [1.165, 1.54) is 42.5 Å². The monoisotopic (exact) mass is 281 g/mol. The van der Waals surface area contributed by atoms with Crippen molar-refractivity contribution in [2.45, 2.75) is 43.7 Å². The fourth-order valence-electron chi connectivity index (χ4n) is 6.31. The molecule has 1 aliphatic carbocycles. The van der Waals surface area contributed by atoms with Gasteiger partial charge >= 0.3 is 0 Å². The van der Waals surface area contributed by atoms with E-state index in [2.05, 4.69) is 49.6 Å². The fraction of sp³-hybridized carbons (Fsp3) is 0.579. The molecule has 0 radical (unpaired) electrons. The summed E-state index contributed by atoms with van der Waals surface area (Å²) >= 11 is 0. The number of hydrogen-bond acceptors (Lipinski definition) is 1. The first kappa shape index (κ1) is 12.3. The summed E-state index contributed by atoms with van der Waals surface area (Å²) in [5, 5.41) is 3.91. The van der Waals surface area contributed by atoms with E-state index in [1.807, 2.05) is 0 Å². The van der Waals surface area contributed by atoms with Crippen LogP contribution in [0.15, 0.2) is 35.9 Å². The molecule has 0 aromatic heterocycles. The quantitative estimate of drug-likeness (QED) is 0.568. The molecule has 4 aliphatic rings. The van der Waals surface area contributed by atoms with Gasteiger partial charge in [0.2, 0.25) is 0 Å². The third-order valence-corrected chi connectivity index (χ3v) is 7.23. The van der Waals surface area contributed by atoms with Crippen LogP contribution in [-0.2, 0) is 5.41 Å². The molecule has 2 saturated heterocycles. The van der Waals surface area contributed by atoms with Crippen LogP contribution >= 0.6 is 0 Å². The van der Waals surface area contributed by atoms with Crippen molar-refractivity contribution in [2.24, 2.45) is 5.92 Å². The van der Waals surface area contributed by atoms with E-state index >= 15 is 0 Å². The van der Waals surface area contributed by atoms with Gasteiger partial charge in [-0.3, -0.25) is 0 Å². The van der Waals surface area contributed by atoms with Crippen molar-refractivity contribution >= 4 is 5.69 Å². The lowest BCUT2D eigenvalue weighted by atomic mass is 9.59. The number of piperidine rings is 1. The first-order valence-electron chi connectivity index (χ1n) is 8.53. The van der Waals surface area contributed by atoms with Crippen LogP contribution in [0.5, 0.6) is 0 Å². The summed E-state index contributed by atoms with van der Waals surface area (Å²) in [6.45, 7) is 4.89. The van der Waals surface area contributed by atoms with Crippen LogP contribution in [0, 0.1) is 5.92 Å². The highest BCUT2D eigenvalue weighted by Crippen LogP contribution is 2.61. The molecule has 2 nitrogen and oxygen atoms in total. The minimum Gasteiger partial charge on any atom is -0.381 e. The number of rotatable bonds is 0. The van der Waals surface area contributed by atoms with Crippen LogP contribution in [0.25, 0.3) is 0 Å². The van der Waals surface area contributed by atoms with Crippen molar-refractivity contribution in [2.75, 3.05) is 25.5 Å². The molecule has 110 valence electrons. The summed E-state index contributed by atoms with van der Waals surface area (Å²) < 4.78 is 1.28. The third kappa shape index (κ3) is 1.29. The average Bonchev–Trinajstić information content (AvgIpc) is 3.00. The Kier molecular flexibility index (Phi) is 2.18. The van der Waals surface area contributed by atoms with Crippen LogP contribution < -0.4 is 5.32 Å². The highest BCUT2D eigenvalue weighted by atomic mass is 15.4. The minimum absolute atomic E-state index is 0.418. The molecule has 1 spiro atoms. The molecule has 1 aromatic rings. The predicted octanol–water partition coefficient (Wildman–Crippen LogP) is 3.31. The van der Waals surface area contributed by atoms with Crippen LogP contribution in [0.3, 0.4) is 0 Å². The number of para-hydroxylation sites is 1. The normalized spacial score (nSPS) is 47.9. The Labute approximate surface area is 127 Å². The molecule has 1 aromatic carbocycles. The summed E-state index contributed by atoms with van der Waals surface area (Å²) in [5.41, 5.74) is 5.19. The molecular formula is C19H25N2+. The van der Waals surface area contributed by atoms with Crippen molar-refractivity contribution in [3.05, 3.63) is 41.5 Å². The molecule has 5 atom stereocenters. The lowest BCUT2D eigenvalue weighted by Crippen LogP contribution is -2.64. The second-order valence-electron chi connectivity index (χ2n) is 7.94. The zero-order valence-corrected chi connectivity index (χ0v) is 13.1. The third-order valence-electron chi connectivity index (χ3n) is 7.23. The van der Waals surface area contributed by atoms with Gasteiger partial charge in [0.15, 0.2) is 0 Å². The Bertz CT molecular complexity index is 649. The SMILES string of the molecule is C/C=C1/C[N+]2(C)CCC34c5ccccc5NC3CC1CC42. The van der Waals surface area contributed by atoms with E-state index in [0.29, 0.717) is 11.5 Å². The molecule has 2 bridgehead atoms. The van der Waals surface area contributed by atoms with E-state index in [1.54, 1.807) is 11.1 Å². The minimum atomic E-state index is 0.418. The predicted molar refractivity (Wildman–Crippen MR) is 86.3 cm³/mol. The van der Waals surface area contributed by atoms with Gasteiger partial charge in [-0.15, -0.1) is 0 Å². The first-order chi connectivity index (χ1) is 10.2. The number of benzene rings is 1. The molecule has 1 N–H and O–H groups in total. The van der Waals surface area contributed by atoms with Crippen LogP contribution in [0.2, 0.25) is 0 Å². The Balaban J connectivity index is 1.71. The molecule has 21 heavy (non-hydrogen) atoms. The summed E-state index contributed by atoms with van der Waals surface area (Å²) in [6.07, 6.45) is 6.53. The Morgan fingerprint density at radius 2 is 2.14 bits per heavy atom. The van der Waals surface area contributed by atoms with Gasteiger partial charge in [-0.2, -0.15) is 0 Å². The summed E-state index contributed by atoms with van der Waals surface area (Å²) in [6, 6.07) is 10.6. The van der Waals surface area contributed by atoms with E-state index in [4.69, 9.17) is 0 Å². The average molecular weight is 281 g/mol. The van der Waals surface area contributed by atoms with E-state index in [9.17, 15) is 0 Å². The molecular weight excluding hydrogens is 256 g/mol. The number of quaternary nitrogens is 1. The number of likely N-dealkylation sites (N-methyl/N-ethyl adjacent to an activating group) is 1. The number of allylic oxidation sites excluding steroid dienone is 1. The molecule has 1 saturated carbocycles. The molecule has 2 heteroatoms. The van der Waals surface area contributed by atoms with Crippen LogP contribution in [0.1, 0.15) is 31.7 Å². The molecule has 3 aliphatic heterocycles. The largest absolute Gasteiger partial charge is 0.381 e. The first-order valence-corrected chi connectivity index (χ1v) is 8.53. The van der Waals surface area contributed by atoms with E-state index in [-0.39, 0.29) is 0 Å². The standard InChI is InChI=1S/C19H25N2/c1-3-13-12-21(2)9-8-19-15-6-4-5-7-16(15)20-17(19)10-14(13)11-18(19)21/h3-7,14,17-18,20H,8-12H2,1-2H3/q+1/b13-3-. The number of nitrogens with one attached hydrogen (secondary N) is 1. The van der Waals surface area contributed by atoms with Crippen molar-refractivity contribution in [3.63, 3.8) is 0 Å². The summed E-state index contributed by atoms with van der Waals surface area (Å²) in [4.78, 5) is 0. The number of hydrogen-bond donors (Lipinski definition) is 1. The summed E-state index contributed by atoms with van der Waals surface area (Å²) in [7, 11) is 2.52. The zero-order chi connectivity index (χ0) is 14.2. The lowest BCUT2D eigenvalue weighted by molar-refractivity contribution is -0.924. The van der Waals surface area contributed by atoms with Gasteiger partial charge in [0.25, 0.3) is 0 Å². The second kappa shape index (κ2) is 3.73. The van der Waals surface area contributed by atoms with Gasteiger partial charge in [0.1, 0.15) is 12.6 Å². The highest BCUT2D eigenvalue weighted by molar-refractivity contribution is 5.64. The lowest BCUT2D eigenvalue weighted by Gasteiger charge is -2.53. The number of fused-ring (bicyclic) bond motifs is 2. The van der Waals surface area contributed by atoms with E-state index in [0.717, 1.165) is 12.0 Å². The van der Waals surface area contributed by atoms with Crippen molar-refractivity contribution in [1.82, 2.24) is 0 Å². The number of anilines is 1. The fourth-order valence-corrected chi connectivity index (χ4v) is 6.31. The molecule has 5 rings (SSSR count). The van der Waals surface area contributed by atoms with Gasteiger partial charge in [-0.25, -0.2) is 0 Å². The van der Waals surface area contributed by atoms with E-state index < -0.39 is 0 Å². The van der Waals surface area contributed by atoms with Gasteiger partial charge in [-0.1, -0.05) is 24.3 Å². The second-order valence-corrected chi connectivity index (χ2v) is 7.94. The van der Waals surface area contributed by atoms with Gasteiger partial charge < -0.3 is 9.80 Å². The smallest absolute Gasteiger partial charge is 0.102 e. The van der Waals surface area contributed by atoms with Crippen molar-refractivity contribution < 1.29 is 4.48 Å². The maximum atomic E-state index is 3.91. The van der Waals surface area contributed by atoms with Crippen LogP contribution in [-0.4, -0.2) is 36.7 Å². The zero-order valence-electron chi connectivity index (χ0n) is 13.1. The van der Waals surface area contributed by atoms with Crippen molar-refractivity contribution in [3.8, 4) is 0 Å². The Morgan fingerprint density at radius 3 is 3.00 bits per heavy atom. The Morgan fingerprint density at radius 1 is 1.29 bits per heavy atom.